The van der Waals surface area contributed by atoms with E-state index in [0.29, 0.717) is 23.0 Å². The molecule has 1 atom stereocenters. The van der Waals surface area contributed by atoms with Crippen LogP contribution in [-0.4, -0.2) is 65.7 Å². The number of carbonyl (C=O) groups excluding carboxylic acids is 2. The first-order chi connectivity index (χ1) is 19.1. The van der Waals surface area contributed by atoms with Gasteiger partial charge < -0.3 is 15.2 Å². The van der Waals surface area contributed by atoms with Crippen molar-refractivity contribution >= 4 is 22.8 Å². The Labute approximate surface area is 227 Å². The quantitative estimate of drug-likeness (QED) is 0.329. The van der Waals surface area contributed by atoms with Crippen molar-refractivity contribution in [3.63, 3.8) is 0 Å². The normalized spacial score (nSPS) is 21.3. The van der Waals surface area contributed by atoms with Gasteiger partial charge in [-0.2, -0.15) is 10.2 Å². The number of fused-ring (bicyclic) bond motifs is 1. The smallest absolute Gasteiger partial charge is 0.282 e. The average molecular weight is 555 g/mol. The molecule has 1 aliphatic heterocycles. The van der Waals surface area contributed by atoms with Gasteiger partial charge in [0.2, 0.25) is 0 Å². The predicted molar refractivity (Wildman–Crippen MR) is 139 cm³/mol. The molecular formula is C27H29F3N8O2. The molecule has 2 amide bonds. The van der Waals surface area contributed by atoms with Crippen LogP contribution in [-0.2, 0) is 7.05 Å². The van der Waals surface area contributed by atoms with E-state index in [0.717, 1.165) is 30.6 Å². The second kappa shape index (κ2) is 9.79. The highest BCUT2D eigenvalue weighted by Crippen LogP contribution is 2.38. The standard InChI is InChI=1S/C27H29F3N8O2/c1-14-3-5-15(6-4-14)21(35-25(39)19-9-10-32-37(19)2)24-33-18-8-7-16(20(28)23(18)34-24)17-11-31-36-22(17)26(40)38-12-27(29,30)13-38/h7-11,14-15,21H,3-6,12-13H2,1-2H3,(H,31,36)(H,33,34)(H,35,39)/t14?,15?,21-/m0/s1. The average Bonchev–Trinajstić information content (AvgIpc) is 3.66. The lowest BCUT2D eigenvalue weighted by Gasteiger charge is -2.38. The Morgan fingerprint density at radius 2 is 1.88 bits per heavy atom. The number of likely N-dealkylation sites (tertiary alicyclic amines) is 1. The lowest BCUT2D eigenvalue weighted by Crippen LogP contribution is -2.58. The minimum Gasteiger partial charge on any atom is -0.340 e. The van der Waals surface area contributed by atoms with Crippen molar-refractivity contribution in [2.24, 2.45) is 18.9 Å². The van der Waals surface area contributed by atoms with Gasteiger partial charge in [-0.05, 0) is 42.9 Å². The number of H-pyrrole nitrogens is 2. The van der Waals surface area contributed by atoms with Crippen LogP contribution in [0.5, 0.6) is 0 Å². The molecule has 1 saturated carbocycles. The Morgan fingerprint density at radius 3 is 2.55 bits per heavy atom. The van der Waals surface area contributed by atoms with E-state index < -0.39 is 36.8 Å². The Balaban J connectivity index is 1.33. The topological polar surface area (TPSA) is 125 Å². The molecule has 210 valence electrons. The van der Waals surface area contributed by atoms with Gasteiger partial charge in [-0.3, -0.25) is 19.4 Å². The van der Waals surface area contributed by atoms with E-state index in [2.05, 4.69) is 37.5 Å². The molecular weight excluding hydrogens is 525 g/mol. The summed E-state index contributed by atoms with van der Waals surface area (Å²) in [7, 11) is 1.69. The van der Waals surface area contributed by atoms with Gasteiger partial charge in [0.15, 0.2) is 5.82 Å². The Kier molecular flexibility index (Phi) is 6.38. The van der Waals surface area contributed by atoms with E-state index in [-0.39, 0.29) is 34.2 Å². The highest BCUT2D eigenvalue weighted by molar-refractivity contribution is 6.00. The number of aromatic amines is 2. The first-order valence-corrected chi connectivity index (χ1v) is 13.3. The number of nitrogens with one attached hydrogen (secondary N) is 3. The van der Waals surface area contributed by atoms with Crippen molar-refractivity contribution in [2.45, 2.75) is 44.6 Å². The number of benzene rings is 1. The molecule has 0 bridgehead atoms. The number of hydrogen-bond acceptors (Lipinski definition) is 5. The number of carbonyl (C=O) groups is 2. The van der Waals surface area contributed by atoms with Crippen LogP contribution >= 0.6 is 0 Å². The molecule has 1 saturated heterocycles. The van der Waals surface area contributed by atoms with Crippen LogP contribution in [0.4, 0.5) is 13.2 Å². The van der Waals surface area contributed by atoms with Gasteiger partial charge in [-0.15, -0.1) is 0 Å². The van der Waals surface area contributed by atoms with Gasteiger partial charge in [0.05, 0.1) is 30.8 Å². The molecule has 2 fully saturated rings. The fourth-order valence-corrected chi connectivity index (χ4v) is 5.72. The first-order valence-electron chi connectivity index (χ1n) is 13.3. The number of aryl methyl sites for hydroxylation is 1. The molecule has 4 aromatic rings. The summed E-state index contributed by atoms with van der Waals surface area (Å²) in [5.41, 5.74) is 1.03. The van der Waals surface area contributed by atoms with E-state index in [4.69, 9.17) is 0 Å². The zero-order valence-electron chi connectivity index (χ0n) is 22.0. The SMILES string of the molecule is CC1CCC([C@H](NC(=O)c2ccnn2C)c2nc3c(F)c(-c4cn[nH]c4C(=O)N4CC(F)(F)C4)ccc3[nH]2)CC1. The summed E-state index contributed by atoms with van der Waals surface area (Å²) >= 11 is 0. The third-order valence-electron chi connectivity index (χ3n) is 8.05. The van der Waals surface area contributed by atoms with Crippen molar-refractivity contribution < 1.29 is 22.8 Å². The molecule has 3 N–H and O–H groups in total. The molecule has 3 aromatic heterocycles. The van der Waals surface area contributed by atoms with Gasteiger partial charge in [0.25, 0.3) is 17.7 Å². The summed E-state index contributed by atoms with van der Waals surface area (Å²) in [5, 5.41) is 13.6. The fraction of sp³-hybridized carbons (Fsp3) is 0.444. The van der Waals surface area contributed by atoms with E-state index >= 15 is 4.39 Å². The molecule has 2 aliphatic rings. The fourth-order valence-electron chi connectivity index (χ4n) is 5.72. The Hall–Kier alpha value is -4.16. The number of nitrogens with zero attached hydrogens (tertiary/aromatic N) is 5. The van der Waals surface area contributed by atoms with Crippen LogP contribution in [0.3, 0.4) is 0 Å². The van der Waals surface area contributed by atoms with Crippen molar-refractivity contribution in [2.75, 3.05) is 13.1 Å². The summed E-state index contributed by atoms with van der Waals surface area (Å²) in [6, 6.07) is 4.29. The van der Waals surface area contributed by atoms with E-state index in [1.165, 1.54) is 16.9 Å². The van der Waals surface area contributed by atoms with E-state index in [1.807, 2.05) is 0 Å². The Morgan fingerprint density at radius 1 is 1.12 bits per heavy atom. The van der Waals surface area contributed by atoms with E-state index in [9.17, 15) is 18.4 Å². The summed E-state index contributed by atoms with van der Waals surface area (Å²) in [6.45, 7) is 0.820. The summed E-state index contributed by atoms with van der Waals surface area (Å²) < 4.78 is 44.1. The highest BCUT2D eigenvalue weighted by Gasteiger charge is 2.47. The number of imidazole rings is 1. The molecule has 1 aliphatic carbocycles. The maximum atomic E-state index is 15.9. The predicted octanol–water partition coefficient (Wildman–Crippen LogP) is 4.21. The molecule has 6 rings (SSSR count). The molecule has 1 aromatic carbocycles. The minimum absolute atomic E-state index is 0.0477. The number of aromatic nitrogens is 6. The second-order valence-corrected chi connectivity index (χ2v) is 10.9. The van der Waals surface area contributed by atoms with Gasteiger partial charge in [-0.1, -0.05) is 19.8 Å². The van der Waals surface area contributed by atoms with Gasteiger partial charge in [0.1, 0.15) is 22.7 Å². The molecule has 0 unspecified atom stereocenters. The number of amides is 2. The summed E-state index contributed by atoms with van der Waals surface area (Å²) in [6.07, 6.45) is 6.65. The van der Waals surface area contributed by atoms with Crippen LogP contribution < -0.4 is 5.32 Å². The van der Waals surface area contributed by atoms with Crippen molar-refractivity contribution in [1.82, 2.24) is 40.2 Å². The molecule has 10 nitrogen and oxygen atoms in total. The third kappa shape index (κ3) is 4.62. The van der Waals surface area contributed by atoms with Gasteiger partial charge in [-0.25, -0.2) is 18.2 Å². The molecule has 0 radical (unpaired) electrons. The zero-order chi connectivity index (χ0) is 28.2. The maximum Gasteiger partial charge on any atom is 0.282 e. The lowest BCUT2D eigenvalue weighted by molar-refractivity contribution is -0.113. The van der Waals surface area contributed by atoms with Crippen molar-refractivity contribution in [3.05, 3.63) is 53.6 Å². The largest absolute Gasteiger partial charge is 0.340 e. The van der Waals surface area contributed by atoms with Crippen molar-refractivity contribution in [3.8, 4) is 11.1 Å². The number of rotatable bonds is 6. The molecule has 13 heteroatoms. The molecule has 4 heterocycles. The number of halogens is 3. The van der Waals surface area contributed by atoms with Gasteiger partial charge in [0, 0.05) is 24.4 Å². The van der Waals surface area contributed by atoms with Crippen LogP contribution in [0.15, 0.2) is 30.6 Å². The zero-order valence-corrected chi connectivity index (χ0v) is 22.0. The van der Waals surface area contributed by atoms with Crippen LogP contribution in [0.1, 0.15) is 65.5 Å². The lowest BCUT2D eigenvalue weighted by atomic mass is 9.79. The summed E-state index contributed by atoms with van der Waals surface area (Å²) in [4.78, 5) is 34.7. The van der Waals surface area contributed by atoms with Crippen LogP contribution in [0.2, 0.25) is 0 Å². The Bertz CT molecular complexity index is 1580. The number of alkyl halides is 2. The monoisotopic (exact) mass is 554 g/mol. The van der Waals surface area contributed by atoms with Crippen LogP contribution in [0.25, 0.3) is 22.2 Å². The molecule has 0 spiro atoms. The van der Waals surface area contributed by atoms with Crippen LogP contribution in [0, 0.1) is 17.7 Å². The highest BCUT2D eigenvalue weighted by atomic mass is 19.3. The van der Waals surface area contributed by atoms with Crippen molar-refractivity contribution in [1.29, 1.82) is 0 Å². The minimum atomic E-state index is -2.93. The maximum absolute atomic E-state index is 15.9. The second-order valence-electron chi connectivity index (χ2n) is 10.9. The van der Waals surface area contributed by atoms with Gasteiger partial charge >= 0.3 is 0 Å². The number of hydrogen-bond donors (Lipinski definition) is 3. The first kappa shape index (κ1) is 26.1. The third-order valence-corrected chi connectivity index (χ3v) is 8.05. The van der Waals surface area contributed by atoms with E-state index in [1.54, 1.807) is 25.4 Å². The molecule has 40 heavy (non-hydrogen) atoms. The summed E-state index contributed by atoms with van der Waals surface area (Å²) in [5.74, 6) is -3.46.